The molecule has 0 aliphatic heterocycles. The van der Waals surface area contributed by atoms with Gasteiger partial charge < -0.3 is 15.2 Å². The van der Waals surface area contributed by atoms with Crippen molar-refractivity contribution in [1.29, 1.82) is 0 Å². The maximum absolute atomic E-state index is 5.99. The van der Waals surface area contributed by atoms with Crippen molar-refractivity contribution in [3.05, 3.63) is 60.6 Å². The lowest BCUT2D eigenvalue weighted by Gasteiger charge is -2.11. The minimum Gasteiger partial charge on any atom is -0.480 e. The highest BCUT2D eigenvalue weighted by Crippen LogP contribution is 2.31. The zero-order chi connectivity index (χ0) is 19.7. The van der Waals surface area contributed by atoms with Gasteiger partial charge in [0.1, 0.15) is 6.33 Å². The number of nitrogens with two attached hydrogens (primary N) is 1. The van der Waals surface area contributed by atoms with Crippen LogP contribution in [0.5, 0.6) is 11.9 Å². The summed E-state index contributed by atoms with van der Waals surface area (Å²) in [6.45, 7) is 1.96. The Balaban J connectivity index is 1.79. The van der Waals surface area contributed by atoms with Crippen LogP contribution in [0.25, 0.3) is 27.8 Å². The monoisotopic (exact) mass is 375 g/mol. The van der Waals surface area contributed by atoms with Gasteiger partial charge in [0, 0.05) is 17.9 Å². The molecule has 0 fully saturated rings. The van der Waals surface area contributed by atoms with Gasteiger partial charge in [-0.1, -0.05) is 18.2 Å². The zero-order valence-electron chi connectivity index (χ0n) is 16.0. The summed E-state index contributed by atoms with van der Waals surface area (Å²) in [4.78, 5) is 13.0. The molecule has 7 heteroatoms. The standard InChI is InChI=1S/C21H21N5O2/c1-13(22)14-7-8-19-18(10-14)24-12-26(19)16-6-4-5-15(9-16)17-11-23-21(28-3)25-20(17)27-2/h4-13H,22H2,1-3H3/t13-/m1/s1. The molecule has 2 aromatic heterocycles. The fourth-order valence-electron chi connectivity index (χ4n) is 3.14. The number of hydrogen-bond acceptors (Lipinski definition) is 6. The van der Waals surface area contributed by atoms with E-state index in [-0.39, 0.29) is 12.1 Å². The van der Waals surface area contributed by atoms with E-state index in [1.54, 1.807) is 13.3 Å². The van der Waals surface area contributed by atoms with Gasteiger partial charge in [0.25, 0.3) is 0 Å². The third-order valence-corrected chi connectivity index (χ3v) is 4.64. The third-order valence-electron chi connectivity index (χ3n) is 4.64. The molecule has 4 rings (SSSR count). The van der Waals surface area contributed by atoms with E-state index in [2.05, 4.69) is 15.0 Å². The number of ether oxygens (including phenoxy) is 2. The Morgan fingerprint density at radius 1 is 1.04 bits per heavy atom. The molecule has 2 aromatic carbocycles. The number of rotatable bonds is 5. The molecule has 28 heavy (non-hydrogen) atoms. The molecule has 2 N–H and O–H groups in total. The summed E-state index contributed by atoms with van der Waals surface area (Å²) in [5.74, 6) is 0.459. The fourth-order valence-corrected chi connectivity index (χ4v) is 3.14. The molecule has 0 saturated carbocycles. The maximum Gasteiger partial charge on any atom is 0.319 e. The number of nitrogens with zero attached hydrogens (tertiary/aromatic N) is 4. The van der Waals surface area contributed by atoms with Crippen molar-refractivity contribution in [3.8, 4) is 28.7 Å². The van der Waals surface area contributed by atoms with E-state index in [1.807, 2.05) is 60.3 Å². The molecule has 0 saturated heterocycles. The lowest BCUT2D eigenvalue weighted by molar-refractivity contribution is 0.353. The summed E-state index contributed by atoms with van der Waals surface area (Å²) in [5.41, 5.74) is 11.7. The van der Waals surface area contributed by atoms with Gasteiger partial charge in [0.05, 0.1) is 30.8 Å². The second-order valence-corrected chi connectivity index (χ2v) is 6.48. The Morgan fingerprint density at radius 3 is 2.64 bits per heavy atom. The van der Waals surface area contributed by atoms with Gasteiger partial charge in [-0.15, -0.1) is 0 Å². The topological polar surface area (TPSA) is 88.1 Å². The van der Waals surface area contributed by atoms with Crippen molar-refractivity contribution < 1.29 is 9.47 Å². The predicted molar refractivity (Wildman–Crippen MR) is 108 cm³/mol. The smallest absolute Gasteiger partial charge is 0.319 e. The van der Waals surface area contributed by atoms with Crippen molar-refractivity contribution in [2.24, 2.45) is 5.73 Å². The first-order valence-electron chi connectivity index (χ1n) is 8.89. The zero-order valence-corrected chi connectivity index (χ0v) is 16.0. The largest absolute Gasteiger partial charge is 0.480 e. The molecule has 0 aliphatic carbocycles. The lowest BCUT2D eigenvalue weighted by atomic mass is 10.1. The van der Waals surface area contributed by atoms with Gasteiger partial charge in [-0.2, -0.15) is 4.98 Å². The normalized spacial score (nSPS) is 12.1. The van der Waals surface area contributed by atoms with Crippen molar-refractivity contribution in [3.63, 3.8) is 0 Å². The van der Waals surface area contributed by atoms with Crippen LogP contribution in [0, 0.1) is 0 Å². The minimum atomic E-state index is -0.0274. The van der Waals surface area contributed by atoms with E-state index < -0.39 is 0 Å². The van der Waals surface area contributed by atoms with Crippen LogP contribution in [0.3, 0.4) is 0 Å². The molecular formula is C21H21N5O2. The molecule has 0 aliphatic rings. The second kappa shape index (κ2) is 7.28. The second-order valence-electron chi connectivity index (χ2n) is 6.48. The van der Waals surface area contributed by atoms with Gasteiger partial charge in [0.15, 0.2) is 0 Å². The number of hydrogen-bond donors (Lipinski definition) is 1. The molecule has 4 aromatic rings. The number of methoxy groups -OCH3 is 2. The molecule has 0 bridgehead atoms. The van der Waals surface area contributed by atoms with E-state index >= 15 is 0 Å². The Morgan fingerprint density at radius 2 is 1.89 bits per heavy atom. The van der Waals surface area contributed by atoms with E-state index in [9.17, 15) is 0 Å². The van der Waals surface area contributed by atoms with Gasteiger partial charge in [-0.05, 0) is 42.3 Å². The van der Waals surface area contributed by atoms with Crippen LogP contribution in [0.1, 0.15) is 18.5 Å². The van der Waals surface area contributed by atoms with Crippen molar-refractivity contribution in [2.75, 3.05) is 14.2 Å². The summed E-state index contributed by atoms with van der Waals surface area (Å²) in [6.07, 6.45) is 3.52. The van der Waals surface area contributed by atoms with Crippen LogP contribution in [0.15, 0.2) is 55.0 Å². The van der Waals surface area contributed by atoms with Crippen molar-refractivity contribution in [2.45, 2.75) is 13.0 Å². The summed E-state index contributed by atoms with van der Waals surface area (Å²) >= 11 is 0. The molecule has 0 amide bonds. The van der Waals surface area contributed by atoms with E-state index in [4.69, 9.17) is 15.2 Å². The molecule has 2 heterocycles. The molecular weight excluding hydrogens is 354 g/mol. The summed E-state index contributed by atoms with van der Waals surface area (Å²) in [7, 11) is 3.10. The Bertz CT molecular complexity index is 1140. The Labute approximate surface area is 162 Å². The molecule has 1 atom stereocenters. The number of fused-ring (bicyclic) bond motifs is 1. The highest BCUT2D eigenvalue weighted by molar-refractivity contribution is 5.79. The number of aromatic nitrogens is 4. The molecule has 0 spiro atoms. The van der Waals surface area contributed by atoms with Crippen LogP contribution in [-0.4, -0.2) is 33.7 Å². The summed E-state index contributed by atoms with van der Waals surface area (Å²) in [6, 6.07) is 14.4. The van der Waals surface area contributed by atoms with Gasteiger partial charge >= 0.3 is 6.01 Å². The summed E-state index contributed by atoms with van der Waals surface area (Å²) < 4.78 is 12.5. The van der Waals surface area contributed by atoms with Gasteiger partial charge in [0.2, 0.25) is 5.88 Å². The Hall–Kier alpha value is -3.45. The van der Waals surface area contributed by atoms with Crippen LogP contribution in [-0.2, 0) is 0 Å². The molecule has 0 unspecified atom stereocenters. The van der Waals surface area contributed by atoms with Crippen LogP contribution in [0.4, 0.5) is 0 Å². The molecule has 7 nitrogen and oxygen atoms in total. The highest BCUT2D eigenvalue weighted by atomic mass is 16.5. The average Bonchev–Trinajstić information content (AvgIpc) is 3.16. The SMILES string of the molecule is COc1ncc(-c2cccc(-n3cnc4cc([C@@H](C)N)ccc43)c2)c(OC)n1. The van der Waals surface area contributed by atoms with Gasteiger partial charge in [-0.3, -0.25) is 4.57 Å². The molecule has 0 radical (unpaired) electrons. The van der Waals surface area contributed by atoms with Gasteiger partial charge in [-0.25, -0.2) is 9.97 Å². The first-order chi connectivity index (χ1) is 13.6. The third kappa shape index (κ3) is 3.16. The fraction of sp³-hybridized carbons (Fsp3) is 0.190. The van der Waals surface area contributed by atoms with Crippen LogP contribution in [0.2, 0.25) is 0 Å². The molecule has 142 valence electrons. The first-order valence-corrected chi connectivity index (χ1v) is 8.89. The van der Waals surface area contributed by atoms with E-state index in [0.29, 0.717) is 5.88 Å². The van der Waals surface area contributed by atoms with Crippen LogP contribution >= 0.6 is 0 Å². The predicted octanol–water partition coefficient (Wildman–Crippen LogP) is 3.52. The van der Waals surface area contributed by atoms with Crippen molar-refractivity contribution >= 4 is 11.0 Å². The van der Waals surface area contributed by atoms with E-state index in [1.165, 1.54) is 7.11 Å². The lowest BCUT2D eigenvalue weighted by Crippen LogP contribution is -2.04. The van der Waals surface area contributed by atoms with Crippen LogP contribution < -0.4 is 15.2 Å². The number of benzene rings is 2. The summed E-state index contributed by atoms with van der Waals surface area (Å²) in [5, 5.41) is 0. The van der Waals surface area contributed by atoms with Crippen molar-refractivity contribution in [1.82, 2.24) is 19.5 Å². The first kappa shape index (κ1) is 17.9. The Kier molecular flexibility index (Phi) is 4.67. The van der Waals surface area contributed by atoms with E-state index in [0.717, 1.165) is 33.4 Å². The minimum absolute atomic E-state index is 0.0274. The quantitative estimate of drug-likeness (QED) is 0.574. The maximum atomic E-state index is 5.99. The number of imidazole rings is 1. The average molecular weight is 375 g/mol. The highest BCUT2D eigenvalue weighted by Gasteiger charge is 2.13.